The average Bonchev–Trinajstić information content (AvgIpc) is 2.27. The SMILES string of the molecule is CC1CC2COCCN2C1. The Morgan fingerprint density at radius 1 is 1.50 bits per heavy atom. The van der Waals surface area contributed by atoms with Gasteiger partial charge in [-0.2, -0.15) is 0 Å². The maximum absolute atomic E-state index is 5.39. The van der Waals surface area contributed by atoms with Gasteiger partial charge in [0.15, 0.2) is 0 Å². The van der Waals surface area contributed by atoms with Gasteiger partial charge >= 0.3 is 0 Å². The van der Waals surface area contributed by atoms with Gasteiger partial charge in [-0.3, -0.25) is 4.90 Å². The Morgan fingerprint density at radius 3 is 3.20 bits per heavy atom. The Labute approximate surface area is 62.2 Å². The molecule has 0 amide bonds. The fourth-order valence-electron chi connectivity index (χ4n) is 2.09. The molecule has 0 aromatic rings. The van der Waals surface area contributed by atoms with E-state index in [0.29, 0.717) is 0 Å². The lowest BCUT2D eigenvalue weighted by atomic mass is 10.1. The Morgan fingerprint density at radius 2 is 2.40 bits per heavy atom. The molecular formula is C8H15NO. The zero-order chi connectivity index (χ0) is 6.97. The van der Waals surface area contributed by atoms with Gasteiger partial charge in [0.05, 0.1) is 13.2 Å². The molecule has 2 aliphatic rings. The van der Waals surface area contributed by atoms with Gasteiger partial charge in [-0.1, -0.05) is 6.92 Å². The second-order valence-corrected chi connectivity index (χ2v) is 3.56. The van der Waals surface area contributed by atoms with Crippen molar-refractivity contribution in [2.75, 3.05) is 26.3 Å². The summed E-state index contributed by atoms with van der Waals surface area (Å²) < 4.78 is 5.39. The van der Waals surface area contributed by atoms with Gasteiger partial charge in [-0.15, -0.1) is 0 Å². The second kappa shape index (κ2) is 2.51. The molecule has 58 valence electrons. The normalized spacial score (nSPS) is 41.7. The van der Waals surface area contributed by atoms with Crippen LogP contribution in [0.5, 0.6) is 0 Å². The van der Waals surface area contributed by atoms with Gasteiger partial charge in [-0.05, 0) is 12.3 Å². The Hall–Kier alpha value is -0.0800. The van der Waals surface area contributed by atoms with Gasteiger partial charge in [-0.25, -0.2) is 0 Å². The molecule has 2 atom stereocenters. The number of morpholine rings is 1. The standard InChI is InChI=1S/C8H15NO/c1-7-4-8-6-10-3-2-9(8)5-7/h7-8H,2-6H2,1H3. The highest BCUT2D eigenvalue weighted by atomic mass is 16.5. The van der Waals surface area contributed by atoms with E-state index in [1.165, 1.54) is 13.0 Å². The van der Waals surface area contributed by atoms with E-state index in [9.17, 15) is 0 Å². The van der Waals surface area contributed by atoms with E-state index in [-0.39, 0.29) is 0 Å². The quantitative estimate of drug-likeness (QED) is 0.493. The molecule has 2 heteroatoms. The van der Waals surface area contributed by atoms with E-state index in [0.717, 1.165) is 31.7 Å². The van der Waals surface area contributed by atoms with Crippen molar-refractivity contribution in [3.63, 3.8) is 0 Å². The predicted octanol–water partition coefficient (Wildman–Crippen LogP) is 0.727. The molecule has 0 bridgehead atoms. The molecule has 2 saturated heterocycles. The number of hydrogen-bond donors (Lipinski definition) is 0. The molecule has 2 nitrogen and oxygen atoms in total. The molecule has 2 rings (SSSR count). The predicted molar refractivity (Wildman–Crippen MR) is 40.0 cm³/mol. The third kappa shape index (κ3) is 1.06. The maximum Gasteiger partial charge on any atom is 0.0622 e. The summed E-state index contributed by atoms with van der Waals surface area (Å²) in [6.07, 6.45) is 1.35. The van der Waals surface area contributed by atoms with Crippen LogP contribution in [-0.2, 0) is 4.74 Å². The molecule has 0 radical (unpaired) electrons. The van der Waals surface area contributed by atoms with E-state index in [1.807, 2.05) is 0 Å². The highest BCUT2D eigenvalue weighted by Gasteiger charge is 2.31. The van der Waals surface area contributed by atoms with Crippen molar-refractivity contribution in [3.05, 3.63) is 0 Å². The fraction of sp³-hybridized carbons (Fsp3) is 1.00. The highest BCUT2D eigenvalue weighted by molar-refractivity contribution is 4.84. The first-order valence-corrected chi connectivity index (χ1v) is 4.18. The number of ether oxygens (including phenoxy) is 1. The van der Waals surface area contributed by atoms with Crippen molar-refractivity contribution in [2.24, 2.45) is 5.92 Å². The average molecular weight is 141 g/mol. The largest absolute Gasteiger partial charge is 0.378 e. The van der Waals surface area contributed by atoms with Gasteiger partial charge in [0, 0.05) is 19.1 Å². The Bertz CT molecular complexity index is 112. The summed E-state index contributed by atoms with van der Waals surface area (Å²) in [6, 6.07) is 0.753. The molecule has 2 unspecified atom stereocenters. The molecular weight excluding hydrogens is 126 g/mol. The van der Waals surface area contributed by atoms with Crippen molar-refractivity contribution in [3.8, 4) is 0 Å². The van der Waals surface area contributed by atoms with Gasteiger partial charge in [0.25, 0.3) is 0 Å². The van der Waals surface area contributed by atoms with Gasteiger partial charge in [0.1, 0.15) is 0 Å². The molecule has 2 heterocycles. The van der Waals surface area contributed by atoms with Crippen LogP contribution in [-0.4, -0.2) is 37.2 Å². The zero-order valence-electron chi connectivity index (χ0n) is 6.55. The summed E-state index contributed by atoms with van der Waals surface area (Å²) in [5.74, 6) is 0.895. The van der Waals surface area contributed by atoms with Crippen molar-refractivity contribution in [1.82, 2.24) is 4.90 Å². The van der Waals surface area contributed by atoms with E-state index in [1.54, 1.807) is 0 Å². The van der Waals surface area contributed by atoms with Crippen LogP contribution in [0.15, 0.2) is 0 Å². The first kappa shape index (κ1) is 6.62. The van der Waals surface area contributed by atoms with Crippen molar-refractivity contribution >= 4 is 0 Å². The smallest absolute Gasteiger partial charge is 0.0622 e. The van der Waals surface area contributed by atoms with Gasteiger partial charge in [0.2, 0.25) is 0 Å². The third-order valence-corrected chi connectivity index (χ3v) is 2.57. The number of fused-ring (bicyclic) bond motifs is 1. The van der Waals surface area contributed by atoms with Crippen molar-refractivity contribution in [1.29, 1.82) is 0 Å². The van der Waals surface area contributed by atoms with E-state index < -0.39 is 0 Å². The lowest BCUT2D eigenvalue weighted by Gasteiger charge is -2.28. The van der Waals surface area contributed by atoms with Crippen LogP contribution in [0.1, 0.15) is 13.3 Å². The van der Waals surface area contributed by atoms with Crippen molar-refractivity contribution in [2.45, 2.75) is 19.4 Å². The molecule has 0 spiro atoms. The summed E-state index contributed by atoms with van der Waals surface area (Å²) in [4.78, 5) is 2.56. The number of nitrogens with zero attached hydrogens (tertiary/aromatic N) is 1. The molecule has 2 aliphatic heterocycles. The number of hydrogen-bond acceptors (Lipinski definition) is 2. The molecule has 0 aromatic heterocycles. The molecule has 0 aromatic carbocycles. The minimum atomic E-state index is 0.753. The van der Waals surface area contributed by atoms with Crippen LogP contribution in [0, 0.1) is 5.92 Å². The first-order chi connectivity index (χ1) is 4.86. The van der Waals surface area contributed by atoms with E-state index >= 15 is 0 Å². The minimum Gasteiger partial charge on any atom is -0.378 e. The van der Waals surface area contributed by atoms with Crippen LogP contribution in [0.25, 0.3) is 0 Å². The monoisotopic (exact) mass is 141 g/mol. The molecule has 2 fully saturated rings. The minimum absolute atomic E-state index is 0.753. The second-order valence-electron chi connectivity index (χ2n) is 3.56. The zero-order valence-corrected chi connectivity index (χ0v) is 6.55. The van der Waals surface area contributed by atoms with E-state index in [2.05, 4.69) is 11.8 Å². The lowest BCUT2D eigenvalue weighted by molar-refractivity contribution is 0.0128. The van der Waals surface area contributed by atoms with Crippen molar-refractivity contribution < 1.29 is 4.74 Å². The first-order valence-electron chi connectivity index (χ1n) is 4.18. The Balaban J connectivity index is 1.97. The van der Waals surface area contributed by atoms with Crippen LogP contribution >= 0.6 is 0 Å². The lowest BCUT2D eigenvalue weighted by Crippen LogP contribution is -2.40. The summed E-state index contributed by atoms with van der Waals surface area (Å²) >= 11 is 0. The van der Waals surface area contributed by atoms with E-state index in [4.69, 9.17) is 4.74 Å². The summed E-state index contributed by atoms with van der Waals surface area (Å²) in [5.41, 5.74) is 0. The van der Waals surface area contributed by atoms with Gasteiger partial charge < -0.3 is 4.74 Å². The molecule has 10 heavy (non-hydrogen) atoms. The Kier molecular flexibility index (Phi) is 1.66. The molecule has 0 saturated carbocycles. The summed E-state index contributed by atoms with van der Waals surface area (Å²) in [7, 11) is 0. The third-order valence-electron chi connectivity index (χ3n) is 2.57. The van der Waals surface area contributed by atoms with Crippen LogP contribution in [0.3, 0.4) is 0 Å². The topological polar surface area (TPSA) is 12.5 Å². The fourth-order valence-corrected chi connectivity index (χ4v) is 2.09. The van der Waals surface area contributed by atoms with Crippen LogP contribution < -0.4 is 0 Å². The highest BCUT2D eigenvalue weighted by Crippen LogP contribution is 2.24. The maximum atomic E-state index is 5.39. The summed E-state index contributed by atoms with van der Waals surface area (Å²) in [5, 5.41) is 0. The number of rotatable bonds is 0. The summed E-state index contributed by atoms with van der Waals surface area (Å²) in [6.45, 7) is 6.72. The van der Waals surface area contributed by atoms with Crippen LogP contribution in [0.4, 0.5) is 0 Å². The molecule has 0 aliphatic carbocycles. The molecule has 0 N–H and O–H groups in total. The van der Waals surface area contributed by atoms with Crippen LogP contribution in [0.2, 0.25) is 0 Å².